The minimum Gasteiger partial charge on any atom is -0.350 e. The summed E-state index contributed by atoms with van der Waals surface area (Å²) in [4.78, 5) is 25.4. The number of nitrogens with zero attached hydrogens (tertiary/aromatic N) is 1. The van der Waals surface area contributed by atoms with Crippen LogP contribution in [0.2, 0.25) is 0 Å². The molecular formula is C21H25N3O2. The van der Waals surface area contributed by atoms with Crippen LogP contribution in [0.15, 0.2) is 41.2 Å². The maximum atomic E-state index is 12.8. The van der Waals surface area contributed by atoms with Gasteiger partial charge in [-0.15, -0.1) is 0 Å². The fourth-order valence-electron chi connectivity index (χ4n) is 4.23. The van der Waals surface area contributed by atoms with Crippen LogP contribution in [0.25, 0.3) is 11.1 Å². The van der Waals surface area contributed by atoms with Gasteiger partial charge >= 0.3 is 0 Å². The highest BCUT2D eigenvalue weighted by Gasteiger charge is 2.31. The van der Waals surface area contributed by atoms with Crippen LogP contribution in [0.1, 0.15) is 42.2 Å². The van der Waals surface area contributed by atoms with Crippen molar-refractivity contribution in [3.05, 3.63) is 58.0 Å². The first-order valence-electron chi connectivity index (χ1n) is 9.38. The van der Waals surface area contributed by atoms with Crippen LogP contribution in [-0.2, 0) is 6.54 Å². The molecule has 136 valence electrons. The molecule has 2 N–H and O–H groups in total. The third kappa shape index (κ3) is 3.07. The van der Waals surface area contributed by atoms with E-state index < -0.39 is 0 Å². The van der Waals surface area contributed by atoms with Gasteiger partial charge in [-0.3, -0.25) is 9.59 Å². The van der Waals surface area contributed by atoms with Crippen molar-refractivity contribution in [3.63, 3.8) is 0 Å². The van der Waals surface area contributed by atoms with Crippen LogP contribution in [0, 0.1) is 5.92 Å². The topological polar surface area (TPSA) is 63.1 Å². The average Bonchev–Trinajstić information content (AvgIpc) is 2.62. The number of carbonyl (C=O) groups excluding carboxylic acids is 1. The van der Waals surface area contributed by atoms with Crippen molar-refractivity contribution in [3.8, 4) is 11.1 Å². The van der Waals surface area contributed by atoms with Crippen LogP contribution in [0.3, 0.4) is 0 Å². The Labute approximate surface area is 153 Å². The highest BCUT2D eigenvalue weighted by atomic mass is 16.1. The molecule has 0 aliphatic carbocycles. The van der Waals surface area contributed by atoms with Crippen LogP contribution in [-0.4, -0.2) is 29.6 Å². The molecule has 4 rings (SSSR count). The van der Waals surface area contributed by atoms with Crippen molar-refractivity contribution in [2.45, 2.75) is 38.8 Å². The Morgan fingerprint density at radius 2 is 2.04 bits per heavy atom. The summed E-state index contributed by atoms with van der Waals surface area (Å²) in [7, 11) is 0. The lowest BCUT2D eigenvalue weighted by Gasteiger charge is -2.37. The first kappa shape index (κ1) is 17.0. The summed E-state index contributed by atoms with van der Waals surface area (Å²) in [6.45, 7) is 6.57. The monoisotopic (exact) mass is 351 g/mol. The fourth-order valence-corrected chi connectivity index (χ4v) is 4.23. The fraction of sp³-hybridized carbons (Fsp3) is 0.429. The second-order valence-electron chi connectivity index (χ2n) is 7.75. The van der Waals surface area contributed by atoms with E-state index in [1.807, 2.05) is 42.7 Å². The van der Waals surface area contributed by atoms with Crippen LogP contribution in [0.5, 0.6) is 0 Å². The summed E-state index contributed by atoms with van der Waals surface area (Å²) in [5, 5.41) is 6.43. The molecule has 3 heterocycles. The van der Waals surface area contributed by atoms with Gasteiger partial charge in [0.2, 0.25) is 0 Å². The van der Waals surface area contributed by atoms with Crippen molar-refractivity contribution < 1.29 is 4.79 Å². The Balaban J connectivity index is 1.80. The Kier molecular flexibility index (Phi) is 4.41. The second kappa shape index (κ2) is 6.72. The van der Waals surface area contributed by atoms with Gasteiger partial charge in [0.1, 0.15) is 0 Å². The summed E-state index contributed by atoms with van der Waals surface area (Å²) in [5.41, 5.74) is 3.39. The van der Waals surface area contributed by atoms with Gasteiger partial charge in [0.25, 0.3) is 11.5 Å². The Bertz CT molecular complexity index is 900. The molecule has 1 saturated heterocycles. The molecule has 0 unspecified atom stereocenters. The molecule has 5 nitrogen and oxygen atoms in total. The van der Waals surface area contributed by atoms with E-state index in [1.54, 1.807) is 6.07 Å². The largest absolute Gasteiger partial charge is 0.350 e. The normalized spacial score (nSPS) is 21.3. The minimum atomic E-state index is -0.104. The molecule has 1 aromatic carbocycles. The van der Waals surface area contributed by atoms with E-state index >= 15 is 0 Å². The van der Waals surface area contributed by atoms with E-state index in [0.717, 1.165) is 42.9 Å². The number of pyridine rings is 1. The molecular weight excluding hydrogens is 326 g/mol. The van der Waals surface area contributed by atoms with Gasteiger partial charge in [-0.25, -0.2) is 0 Å². The first-order chi connectivity index (χ1) is 12.5. The van der Waals surface area contributed by atoms with Crippen molar-refractivity contribution in [1.29, 1.82) is 0 Å². The van der Waals surface area contributed by atoms with Gasteiger partial charge in [0.15, 0.2) is 0 Å². The van der Waals surface area contributed by atoms with E-state index in [1.165, 1.54) is 0 Å². The number of hydrogen-bond donors (Lipinski definition) is 2. The van der Waals surface area contributed by atoms with Gasteiger partial charge in [-0.2, -0.15) is 0 Å². The van der Waals surface area contributed by atoms with Gasteiger partial charge in [-0.05, 0) is 56.0 Å². The van der Waals surface area contributed by atoms with Crippen LogP contribution >= 0.6 is 0 Å². The molecule has 1 fully saturated rings. The molecule has 0 spiro atoms. The minimum absolute atomic E-state index is 0.0353. The van der Waals surface area contributed by atoms with Crippen LogP contribution in [0.4, 0.5) is 0 Å². The maximum absolute atomic E-state index is 12.8. The van der Waals surface area contributed by atoms with Crippen molar-refractivity contribution >= 4 is 5.91 Å². The van der Waals surface area contributed by atoms with E-state index in [0.29, 0.717) is 17.4 Å². The molecule has 2 aromatic rings. The summed E-state index contributed by atoms with van der Waals surface area (Å²) in [6, 6.07) is 11.4. The number of amides is 1. The number of piperidine rings is 1. The number of nitrogens with one attached hydrogen (secondary N) is 2. The van der Waals surface area contributed by atoms with E-state index in [2.05, 4.69) is 16.7 Å². The second-order valence-corrected chi connectivity index (χ2v) is 7.75. The van der Waals surface area contributed by atoms with E-state index in [9.17, 15) is 9.59 Å². The number of benzene rings is 1. The molecule has 0 saturated carbocycles. The molecule has 1 amide bonds. The molecule has 2 bridgehead atoms. The molecule has 1 aromatic heterocycles. The van der Waals surface area contributed by atoms with Crippen molar-refractivity contribution in [2.75, 3.05) is 13.1 Å². The number of fused-ring (bicyclic) bond motifs is 4. The van der Waals surface area contributed by atoms with Gasteiger partial charge in [-0.1, -0.05) is 18.2 Å². The highest BCUT2D eigenvalue weighted by molar-refractivity contribution is 6.01. The zero-order valence-electron chi connectivity index (χ0n) is 15.3. The molecule has 5 heteroatoms. The lowest BCUT2D eigenvalue weighted by Crippen LogP contribution is -2.44. The zero-order chi connectivity index (χ0) is 18.3. The molecule has 0 radical (unpaired) electrons. The van der Waals surface area contributed by atoms with Crippen molar-refractivity contribution in [2.24, 2.45) is 5.92 Å². The Morgan fingerprint density at radius 3 is 2.85 bits per heavy atom. The predicted octanol–water partition coefficient (Wildman–Crippen LogP) is 2.36. The van der Waals surface area contributed by atoms with Gasteiger partial charge in [0.05, 0.1) is 0 Å². The molecule has 2 atom stereocenters. The third-order valence-corrected chi connectivity index (χ3v) is 5.36. The number of hydrogen-bond acceptors (Lipinski definition) is 3. The lowest BCUT2D eigenvalue weighted by atomic mass is 9.83. The Morgan fingerprint density at radius 1 is 1.23 bits per heavy atom. The number of carbonyl (C=O) groups is 1. The van der Waals surface area contributed by atoms with Crippen molar-refractivity contribution in [1.82, 2.24) is 15.2 Å². The molecule has 26 heavy (non-hydrogen) atoms. The maximum Gasteiger partial charge on any atom is 0.252 e. The van der Waals surface area contributed by atoms with E-state index in [-0.39, 0.29) is 17.5 Å². The summed E-state index contributed by atoms with van der Waals surface area (Å²) in [5.74, 6) is 0.800. The molecule has 2 aliphatic heterocycles. The van der Waals surface area contributed by atoms with Gasteiger partial charge < -0.3 is 15.2 Å². The SMILES string of the molecule is CC(C)NC(=O)c1ccccc1-c1cc2n(c(=O)c1)C[C@@H]1CNC[C@H]2C1. The zero-order valence-corrected chi connectivity index (χ0v) is 15.3. The average molecular weight is 351 g/mol. The number of aromatic nitrogens is 1. The van der Waals surface area contributed by atoms with E-state index in [4.69, 9.17) is 0 Å². The molecule has 2 aliphatic rings. The smallest absolute Gasteiger partial charge is 0.252 e. The number of rotatable bonds is 3. The third-order valence-electron chi connectivity index (χ3n) is 5.36. The van der Waals surface area contributed by atoms with Crippen LogP contribution < -0.4 is 16.2 Å². The lowest BCUT2D eigenvalue weighted by molar-refractivity contribution is 0.0944. The van der Waals surface area contributed by atoms with Gasteiger partial charge in [0, 0.05) is 42.4 Å². The summed E-state index contributed by atoms with van der Waals surface area (Å²) >= 11 is 0. The highest BCUT2D eigenvalue weighted by Crippen LogP contribution is 2.34. The standard InChI is InChI=1S/C21H25N3O2/c1-13(2)23-21(26)18-6-4-3-5-17(18)15-8-19-16-7-14(10-22-11-16)12-24(19)20(25)9-15/h3-6,8-9,13-14,16,22H,7,10-12H2,1-2H3,(H,23,26)/t14-,16+/m0/s1. The quantitative estimate of drug-likeness (QED) is 0.892. The summed E-state index contributed by atoms with van der Waals surface area (Å²) < 4.78 is 1.93. The first-order valence-corrected chi connectivity index (χ1v) is 9.38. The summed E-state index contributed by atoms with van der Waals surface area (Å²) in [6.07, 6.45) is 1.13. The predicted molar refractivity (Wildman–Crippen MR) is 102 cm³/mol. The Hall–Kier alpha value is -2.40.